The molecule has 3 rings (SSSR count). The molecule has 8 heteroatoms. The highest BCUT2D eigenvalue weighted by molar-refractivity contribution is 5.98. The Morgan fingerprint density at radius 2 is 1.88 bits per heavy atom. The van der Waals surface area contributed by atoms with Crippen molar-refractivity contribution in [1.29, 1.82) is 0 Å². The SMILES string of the molecule is COC(=O)c1c(O)c2ccc(OC)nc2n(OCc2ccccc2)c1=O. The minimum absolute atomic E-state index is 0.0236. The van der Waals surface area contributed by atoms with Crippen LogP contribution in [-0.4, -0.2) is 35.0 Å². The average molecular weight is 356 g/mol. The fourth-order valence-electron chi connectivity index (χ4n) is 2.44. The number of hydrogen-bond acceptors (Lipinski definition) is 7. The van der Waals surface area contributed by atoms with Gasteiger partial charge in [0.15, 0.2) is 11.2 Å². The molecule has 0 fully saturated rings. The maximum Gasteiger partial charge on any atom is 0.347 e. The summed E-state index contributed by atoms with van der Waals surface area (Å²) >= 11 is 0. The Morgan fingerprint density at radius 1 is 1.15 bits per heavy atom. The van der Waals surface area contributed by atoms with Gasteiger partial charge in [0.1, 0.15) is 12.4 Å². The molecule has 0 saturated heterocycles. The van der Waals surface area contributed by atoms with Crippen LogP contribution in [0, 0.1) is 0 Å². The lowest BCUT2D eigenvalue weighted by atomic mass is 10.2. The van der Waals surface area contributed by atoms with Gasteiger partial charge in [0.2, 0.25) is 5.88 Å². The summed E-state index contributed by atoms with van der Waals surface area (Å²) in [5.41, 5.74) is -0.572. The number of hydrogen-bond donors (Lipinski definition) is 1. The van der Waals surface area contributed by atoms with Crippen LogP contribution >= 0.6 is 0 Å². The monoisotopic (exact) mass is 356 g/mol. The summed E-state index contributed by atoms with van der Waals surface area (Å²) in [6.45, 7) is 0.0557. The van der Waals surface area contributed by atoms with E-state index in [1.807, 2.05) is 30.3 Å². The normalized spacial score (nSPS) is 10.5. The van der Waals surface area contributed by atoms with Gasteiger partial charge in [-0.05, 0) is 11.6 Å². The Hall–Kier alpha value is -3.55. The number of carbonyl (C=O) groups excluding carboxylic acids is 1. The molecule has 0 radical (unpaired) electrons. The van der Waals surface area contributed by atoms with Crippen molar-refractivity contribution in [3.63, 3.8) is 0 Å². The van der Waals surface area contributed by atoms with E-state index in [1.54, 1.807) is 0 Å². The van der Waals surface area contributed by atoms with Crippen molar-refractivity contribution in [2.75, 3.05) is 14.2 Å². The third-order valence-electron chi connectivity index (χ3n) is 3.73. The summed E-state index contributed by atoms with van der Waals surface area (Å²) in [7, 11) is 2.54. The predicted molar refractivity (Wildman–Crippen MR) is 92.3 cm³/mol. The Labute approximate surface area is 148 Å². The van der Waals surface area contributed by atoms with E-state index in [1.165, 1.54) is 19.2 Å². The fourth-order valence-corrected chi connectivity index (χ4v) is 2.44. The first-order chi connectivity index (χ1) is 12.6. The number of nitrogens with zero attached hydrogens (tertiary/aromatic N) is 2. The van der Waals surface area contributed by atoms with E-state index < -0.39 is 22.8 Å². The lowest BCUT2D eigenvalue weighted by molar-refractivity contribution is 0.0580. The highest BCUT2D eigenvalue weighted by Crippen LogP contribution is 2.27. The molecule has 3 aromatic rings. The summed E-state index contributed by atoms with van der Waals surface area (Å²) in [5.74, 6) is -1.27. The Kier molecular flexibility index (Phi) is 4.74. The first kappa shape index (κ1) is 17.3. The van der Waals surface area contributed by atoms with Crippen molar-refractivity contribution in [2.24, 2.45) is 0 Å². The van der Waals surface area contributed by atoms with Gasteiger partial charge in [-0.15, -0.1) is 4.73 Å². The Bertz CT molecular complexity index is 1010. The summed E-state index contributed by atoms with van der Waals surface area (Å²) < 4.78 is 10.5. The van der Waals surface area contributed by atoms with Gasteiger partial charge in [0.05, 0.1) is 19.6 Å². The molecule has 2 heterocycles. The zero-order chi connectivity index (χ0) is 18.7. The highest BCUT2D eigenvalue weighted by atomic mass is 16.7. The van der Waals surface area contributed by atoms with Crippen LogP contribution in [0.5, 0.6) is 11.6 Å². The molecule has 26 heavy (non-hydrogen) atoms. The van der Waals surface area contributed by atoms with Crippen molar-refractivity contribution in [2.45, 2.75) is 6.61 Å². The Morgan fingerprint density at radius 3 is 2.54 bits per heavy atom. The van der Waals surface area contributed by atoms with Gasteiger partial charge < -0.3 is 19.4 Å². The molecule has 8 nitrogen and oxygen atoms in total. The molecule has 0 saturated carbocycles. The fraction of sp³-hybridized carbons (Fsp3) is 0.167. The minimum atomic E-state index is -0.970. The van der Waals surface area contributed by atoms with Crippen molar-refractivity contribution >= 4 is 17.0 Å². The number of aromatic hydroxyl groups is 1. The highest BCUT2D eigenvalue weighted by Gasteiger charge is 2.25. The van der Waals surface area contributed by atoms with Crippen molar-refractivity contribution in [3.8, 4) is 11.6 Å². The molecule has 0 aliphatic heterocycles. The number of methoxy groups -OCH3 is 2. The third-order valence-corrected chi connectivity index (χ3v) is 3.73. The van der Waals surface area contributed by atoms with Gasteiger partial charge in [0, 0.05) is 6.07 Å². The second-order valence-corrected chi connectivity index (χ2v) is 5.30. The number of rotatable bonds is 5. The first-order valence-electron chi connectivity index (χ1n) is 7.65. The van der Waals surface area contributed by atoms with Crippen LogP contribution in [-0.2, 0) is 11.3 Å². The Balaban J connectivity index is 2.20. The number of fused-ring (bicyclic) bond motifs is 1. The summed E-state index contributed by atoms with van der Waals surface area (Å²) in [6.07, 6.45) is 0. The van der Waals surface area contributed by atoms with Crippen LogP contribution in [0.15, 0.2) is 47.3 Å². The lowest BCUT2D eigenvalue weighted by Gasteiger charge is -2.14. The molecule has 134 valence electrons. The smallest absolute Gasteiger partial charge is 0.347 e. The van der Waals surface area contributed by atoms with E-state index in [9.17, 15) is 14.7 Å². The van der Waals surface area contributed by atoms with E-state index >= 15 is 0 Å². The molecule has 1 aromatic carbocycles. The van der Waals surface area contributed by atoms with Gasteiger partial charge in [-0.2, -0.15) is 4.98 Å². The largest absolute Gasteiger partial charge is 0.506 e. The number of carbonyl (C=O) groups is 1. The van der Waals surface area contributed by atoms with Crippen LogP contribution in [0.4, 0.5) is 0 Å². The van der Waals surface area contributed by atoms with E-state index in [0.717, 1.165) is 17.4 Å². The lowest BCUT2D eigenvalue weighted by Crippen LogP contribution is -2.32. The van der Waals surface area contributed by atoms with Crippen LogP contribution in [0.25, 0.3) is 11.0 Å². The zero-order valence-electron chi connectivity index (χ0n) is 14.1. The molecule has 2 aromatic heterocycles. The molecule has 0 spiro atoms. The van der Waals surface area contributed by atoms with Gasteiger partial charge >= 0.3 is 11.5 Å². The summed E-state index contributed by atoms with van der Waals surface area (Å²) in [5, 5.41) is 10.5. The molecular weight excluding hydrogens is 340 g/mol. The van der Waals surface area contributed by atoms with Crippen molar-refractivity contribution < 1.29 is 24.2 Å². The van der Waals surface area contributed by atoms with Gasteiger partial charge in [-0.3, -0.25) is 4.79 Å². The molecule has 0 aliphatic rings. The van der Waals surface area contributed by atoms with Gasteiger partial charge in [-0.1, -0.05) is 30.3 Å². The zero-order valence-corrected chi connectivity index (χ0v) is 14.1. The molecule has 0 unspecified atom stereocenters. The van der Waals surface area contributed by atoms with Crippen molar-refractivity contribution in [3.05, 3.63) is 63.9 Å². The average Bonchev–Trinajstić information content (AvgIpc) is 2.68. The number of ether oxygens (including phenoxy) is 2. The van der Waals surface area contributed by atoms with E-state index in [-0.39, 0.29) is 23.5 Å². The molecule has 0 atom stereocenters. The second-order valence-electron chi connectivity index (χ2n) is 5.30. The number of pyridine rings is 2. The molecular formula is C18H16N2O6. The van der Waals surface area contributed by atoms with E-state index in [4.69, 9.17) is 9.57 Å². The predicted octanol–water partition coefficient (Wildman–Crippen LogP) is 1.53. The van der Waals surface area contributed by atoms with Crippen LogP contribution in [0.2, 0.25) is 0 Å². The first-order valence-corrected chi connectivity index (χ1v) is 7.65. The molecule has 0 aliphatic carbocycles. The summed E-state index contributed by atoms with van der Waals surface area (Å²) in [4.78, 5) is 34.4. The molecule has 0 amide bonds. The van der Waals surface area contributed by atoms with Crippen LogP contribution < -0.4 is 15.1 Å². The minimum Gasteiger partial charge on any atom is -0.506 e. The standard InChI is InChI=1S/C18H16N2O6/c1-24-13-9-8-12-15(21)14(18(23)25-2)17(22)20(16(12)19-13)26-10-11-6-4-3-5-7-11/h3-9,21H,10H2,1-2H3. The molecule has 0 bridgehead atoms. The quantitative estimate of drug-likeness (QED) is 0.692. The van der Waals surface area contributed by atoms with Crippen molar-refractivity contribution in [1.82, 2.24) is 9.71 Å². The van der Waals surface area contributed by atoms with E-state index in [0.29, 0.717) is 0 Å². The number of benzene rings is 1. The second kappa shape index (κ2) is 7.14. The summed E-state index contributed by atoms with van der Waals surface area (Å²) in [6, 6.07) is 12.1. The maximum absolute atomic E-state index is 12.7. The topological polar surface area (TPSA) is 99.9 Å². The van der Waals surface area contributed by atoms with Gasteiger partial charge in [-0.25, -0.2) is 4.79 Å². The number of aromatic nitrogens is 2. The maximum atomic E-state index is 12.7. The van der Waals surface area contributed by atoms with Crippen LogP contribution in [0.1, 0.15) is 15.9 Å². The third kappa shape index (κ3) is 3.04. The van der Waals surface area contributed by atoms with Crippen LogP contribution in [0.3, 0.4) is 0 Å². The van der Waals surface area contributed by atoms with E-state index in [2.05, 4.69) is 9.72 Å². The molecule has 1 N–H and O–H groups in total. The number of esters is 1. The van der Waals surface area contributed by atoms with Gasteiger partial charge in [0.25, 0.3) is 0 Å².